The highest BCUT2D eigenvalue weighted by Gasteiger charge is 2.25. The van der Waals surface area contributed by atoms with Gasteiger partial charge in [0, 0.05) is 102 Å². The highest BCUT2D eigenvalue weighted by Crippen LogP contribution is 2.32. The van der Waals surface area contributed by atoms with Crippen LogP contribution < -0.4 is 41.7 Å². The summed E-state index contributed by atoms with van der Waals surface area (Å²) in [4.78, 5) is 108. The van der Waals surface area contributed by atoms with Gasteiger partial charge in [-0.1, -0.05) is 48.5 Å². The Kier molecular flexibility index (Phi) is 25.8. The van der Waals surface area contributed by atoms with E-state index in [-0.39, 0.29) is 35.3 Å². The molecule has 7 N–H and O–H groups in total. The Morgan fingerprint density at radius 3 is 1.28 bits per heavy atom. The largest absolute Gasteiger partial charge is 0.481 e. The van der Waals surface area contributed by atoms with Gasteiger partial charge in [0.1, 0.15) is 5.56 Å². The molecule has 24 heteroatoms. The third-order valence-electron chi connectivity index (χ3n) is 19.4. The van der Waals surface area contributed by atoms with E-state index in [1.54, 1.807) is 67.3 Å². The monoisotopic (exact) mass is 1460 g/mol. The molecular weight excluding hydrogens is 1370 g/mol. The molecule has 3 saturated heterocycles. The van der Waals surface area contributed by atoms with Crippen molar-refractivity contribution in [1.29, 1.82) is 0 Å². The van der Waals surface area contributed by atoms with E-state index < -0.39 is 22.7 Å². The first-order valence-electron chi connectivity index (χ1n) is 36.1. The van der Waals surface area contributed by atoms with E-state index in [9.17, 15) is 34.1 Å². The standard InChI is InChI=1S/C35H37N5O4S.C24H25N5O3.C24H27N5O/c1-23-9-10-26(17-24(23)2)31-20-37-32(21-36-31)39-35(44)29-19-28(40-14-4-3-5-15-40)11-12-30(29)38-34(43)27-8-6-7-25(18-27)22-45-16-13-33(41)42;1-16-6-7-18(12-17(16)2)21-14-26-23(15-25-21)27-24(30)20-13-19(8-9-22(20)29(31)32)28-10-4-3-5-11-28;1-16-6-7-18(12-17(16)2)22-14-27-23(15-26-22)28-24(30)20-13-19(8-9-21(20)25)29-10-4-3-5-11-29/h6-12,17-21H,3-5,13-16,22H2,1-2H3,(H,38,43)(H,41,42)(H,37,39,44);6-9,12-15H,3-5,10-11H2,1-2H3,(H,26,27,30);6-9,12-15H,3-5,10-11,25H2,1-2H3,(H,27,28,30). The summed E-state index contributed by atoms with van der Waals surface area (Å²) < 4.78 is 0. The van der Waals surface area contributed by atoms with Gasteiger partial charge in [0.15, 0.2) is 17.5 Å². The molecule has 7 aromatic carbocycles. The van der Waals surface area contributed by atoms with Crippen LogP contribution in [0.15, 0.2) is 171 Å². The number of aliphatic carboxylic acids is 1. The average Bonchev–Trinajstić information content (AvgIpc) is 0.821. The minimum Gasteiger partial charge on any atom is -0.481 e. The molecule has 6 heterocycles. The number of thioether (sulfide) groups is 1. The van der Waals surface area contributed by atoms with Crippen LogP contribution in [-0.2, 0) is 10.5 Å². The number of anilines is 8. The van der Waals surface area contributed by atoms with Gasteiger partial charge in [-0.2, -0.15) is 11.8 Å². The van der Waals surface area contributed by atoms with Gasteiger partial charge in [-0.25, -0.2) is 15.0 Å². The molecule has 23 nitrogen and oxygen atoms in total. The number of piperidine rings is 3. The number of aromatic nitrogens is 6. The summed E-state index contributed by atoms with van der Waals surface area (Å²) in [5, 5.41) is 31.6. The minimum absolute atomic E-state index is 0.0121. The van der Waals surface area contributed by atoms with Gasteiger partial charge in [-0.3, -0.25) is 49.0 Å². The molecule has 3 aromatic heterocycles. The van der Waals surface area contributed by atoms with Crippen molar-refractivity contribution in [1.82, 2.24) is 29.9 Å². The maximum atomic E-state index is 13.7. The molecule has 0 unspecified atom stereocenters. The van der Waals surface area contributed by atoms with Crippen LogP contribution in [0, 0.1) is 51.7 Å². The van der Waals surface area contributed by atoms with Gasteiger partial charge in [-0.05, 0) is 217 Å². The Morgan fingerprint density at radius 1 is 0.449 bits per heavy atom. The smallest absolute Gasteiger partial charge is 0.304 e. The average molecular weight is 1460 g/mol. The molecule has 550 valence electrons. The van der Waals surface area contributed by atoms with Crippen LogP contribution in [0.5, 0.6) is 0 Å². The number of carbonyl (C=O) groups excluding carboxylic acids is 4. The SMILES string of the molecule is Cc1ccc(-c2cnc(NC(=O)c3cc(N4CCCCC4)ccc3N)cn2)cc1C.Cc1ccc(-c2cnc(NC(=O)c3cc(N4CCCCC4)ccc3NC(=O)c3cccc(CSCCC(=O)O)c3)cn2)cc1C.Cc1ccc(-c2cnc(NC(=O)c3cc(N4CCCCC4)ccc3[N+](=O)[O-])cn2)cc1C. The van der Waals surface area contributed by atoms with Crippen molar-refractivity contribution in [2.75, 3.05) is 86.7 Å². The number of carboxylic acid groups (broad SMARTS) is 1. The van der Waals surface area contributed by atoms with Gasteiger partial charge in [-0.15, -0.1) is 0 Å². The van der Waals surface area contributed by atoms with Crippen molar-refractivity contribution in [3.05, 3.63) is 242 Å². The number of nitrogens with one attached hydrogen (secondary N) is 4. The van der Waals surface area contributed by atoms with E-state index in [0.29, 0.717) is 62.6 Å². The van der Waals surface area contributed by atoms with Crippen molar-refractivity contribution < 1.29 is 34.0 Å². The third kappa shape index (κ3) is 20.5. The van der Waals surface area contributed by atoms with Crippen LogP contribution >= 0.6 is 11.8 Å². The molecule has 13 rings (SSSR count). The number of hydrogen-bond donors (Lipinski definition) is 6. The quantitative estimate of drug-likeness (QED) is 0.0179. The fourth-order valence-electron chi connectivity index (χ4n) is 12.7. The fraction of sp³-hybridized carbons (Fsp3) is 0.289. The van der Waals surface area contributed by atoms with E-state index >= 15 is 0 Å². The lowest BCUT2D eigenvalue weighted by Crippen LogP contribution is -2.29. The van der Waals surface area contributed by atoms with Crippen molar-refractivity contribution in [3.8, 4) is 33.8 Å². The summed E-state index contributed by atoms with van der Waals surface area (Å²) in [7, 11) is 0. The first-order chi connectivity index (χ1) is 51.7. The van der Waals surface area contributed by atoms with Gasteiger partial charge < -0.3 is 46.8 Å². The third-order valence-corrected chi connectivity index (χ3v) is 20.4. The Hall–Kier alpha value is -11.9. The van der Waals surface area contributed by atoms with Gasteiger partial charge >= 0.3 is 5.97 Å². The van der Waals surface area contributed by atoms with E-state index in [1.165, 1.54) is 84.6 Å². The second-order valence-corrected chi connectivity index (χ2v) is 28.2. The predicted octanol–water partition coefficient (Wildman–Crippen LogP) is 16.5. The van der Waals surface area contributed by atoms with Crippen molar-refractivity contribution in [2.24, 2.45) is 0 Å². The zero-order chi connectivity index (χ0) is 75.5. The van der Waals surface area contributed by atoms with Crippen LogP contribution in [-0.4, -0.2) is 115 Å². The Morgan fingerprint density at radius 2 is 0.860 bits per heavy atom. The van der Waals surface area contributed by atoms with Gasteiger partial charge in [0.2, 0.25) is 0 Å². The van der Waals surface area contributed by atoms with Crippen LogP contribution in [0.4, 0.5) is 51.6 Å². The molecule has 0 atom stereocenters. The number of aryl methyl sites for hydroxylation is 6. The molecule has 0 bridgehead atoms. The molecular formula is C83H89N15O8S. The van der Waals surface area contributed by atoms with E-state index in [1.807, 2.05) is 80.6 Å². The summed E-state index contributed by atoms with van der Waals surface area (Å²) in [6.45, 7) is 17.9. The molecule has 3 aliphatic heterocycles. The lowest BCUT2D eigenvalue weighted by atomic mass is 10.0. The summed E-state index contributed by atoms with van der Waals surface area (Å²) >= 11 is 1.50. The highest BCUT2D eigenvalue weighted by atomic mass is 32.2. The maximum Gasteiger partial charge on any atom is 0.304 e. The van der Waals surface area contributed by atoms with Crippen molar-refractivity contribution in [3.63, 3.8) is 0 Å². The summed E-state index contributed by atoms with van der Waals surface area (Å²) in [5.74, 6) is -0.406. The number of nitro benzene ring substituents is 1. The summed E-state index contributed by atoms with van der Waals surface area (Å²) in [5.41, 5.74) is 23.8. The molecule has 0 spiro atoms. The van der Waals surface area contributed by atoms with Crippen LogP contribution in [0.2, 0.25) is 0 Å². The normalized spacial score (nSPS) is 13.4. The van der Waals surface area contributed by atoms with Crippen LogP contribution in [0.3, 0.4) is 0 Å². The maximum absolute atomic E-state index is 13.7. The van der Waals surface area contributed by atoms with E-state index in [2.05, 4.69) is 112 Å². The molecule has 4 amide bonds. The predicted molar refractivity (Wildman–Crippen MR) is 426 cm³/mol. The topological polar surface area (TPSA) is 310 Å². The molecule has 3 fully saturated rings. The minimum atomic E-state index is -0.830. The van der Waals surface area contributed by atoms with Gasteiger partial charge in [0.05, 0.1) is 82.4 Å². The number of nitro groups is 1. The molecule has 10 aromatic rings. The van der Waals surface area contributed by atoms with Gasteiger partial charge in [0.25, 0.3) is 29.3 Å². The highest BCUT2D eigenvalue weighted by molar-refractivity contribution is 7.98. The van der Waals surface area contributed by atoms with E-state index in [0.717, 1.165) is 121 Å². The number of carbonyl (C=O) groups is 5. The molecule has 0 saturated carbocycles. The van der Waals surface area contributed by atoms with Crippen LogP contribution in [0.1, 0.15) is 145 Å². The van der Waals surface area contributed by atoms with Crippen LogP contribution in [0.25, 0.3) is 33.8 Å². The summed E-state index contributed by atoms with van der Waals surface area (Å²) in [6.07, 6.45) is 19.8. The number of rotatable bonds is 20. The lowest BCUT2D eigenvalue weighted by molar-refractivity contribution is -0.385. The molecule has 0 radical (unpaired) electrons. The number of amides is 4. The number of nitrogen functional groups attached to an aromatic ring is 1. The lowest BCUT2D eigenvalue weighted by Gasteiger charge is -2.29. The number of nitrogens with two attached hydrogens (primary N) is 1. The zero-order valence-corrected chi connectivity index (χ0v) is 62.0. The number of hydrogen-bond acceptors (Lipinski definition) is 18. The van der Waals surface area contributed by atoms with Crippen molar-refractivity contribution >= 4 is 92.9 Å². The fourth-order valence-corrected chi connectivity index (χ4v) is 13.6. The Bertz CT molecular complexity index is 4850. The zero-order valence-electron chi connectivity index (χ0n) is 61.2. The first-order valence-corrected chi connectivity index (χ1v) is 37.3. The second-order valence-electron chi connectivity index (χ2n) is 27.1. The second kappa shape index (κ2) is 36.2. The molecule has 3 aliphatic rings. The molecule has 0 aliphatic carbocycles. The first kappa shape index (κ1) is 76.2. The summed E-state index contributed by atoms with van der Waals surface area (Å²) in [6, 6.07) is 41.4. The number of benzene rings is 7. The number of nitrogens with zero attached hydrogens (tertiary/aromatic N) is 10. The molecule has 107 heavy (non-hydrogen) atoms. The van der Waals surface area contributed by atoms with Crippen molar-refractivity contribution in [2.45, 2.75) is 112 Å². The Balaban J connectivity index is 0.000000164. The number of carboxylic acids is 1. The Labute approximate surface area is 627 Å². The van der Waals surface area contributed by atoms with E-state index in [4.69, 9.17) is 10.8 Å².